The minimum atomic E-state index is 0.710. The number of rotatable bonds is 6. The number of nitrogens with one attached hydrogen (secondary N) is 2. The Morgan fingerprint density at radius 2 is 2.04 bits per heavy atom. The highest BCUT2D eigenvalue weighted by Crippen LogP contribution is 2.16. The molecular weight excluding hydrogens is 330 g/mol. The summed E-state index contributed by atoms with van der Waals surface area (Å²) in [4.78, 5) is 10.1. The second-order valence-corrected chi connectivity index (χ2v) is 7.31. The average Bonchev–Trinajstić information content (AvgIpc) is 3.18. The van der Waals surface area contributed by atoms with Crippen LogP contribution in [-0.2, 0) is 13.1 Å². The second-order valence-electron chi connectivity index (χ2n) is 6.02. The lowest BCUT2D eigenvalue weighted by molar-refractivity contribution is 0.640. The van der Waals surface area contributed by atoms with Crippen LogP contribution in [0.25, 0.3) is 10.9 Å². The maximum atomic E-state index is 4.55. The fraction of sp³-hybridized carbons (Fsp3) is 0.368. The predicted molar refractivity (Wildman–Crippen MR) is 106 cm³/mol. The number of para-hydroxylation sites is 1. The molecule has 0 saturated carbocycles. The summed E-state index contributed by atoms with van der Waals surface area (Å²) in [5.41, 5.74) is 2.41. The molecule has 25 heavy (non-hydrogen) atoms. The quantitative estimate of drug-likeness (QED) is 0.404. The zero-order valence-corrected chi connectivity index (χ0v) is 15.9. The molecule has 0 amide bonds. The van der Waals surface area contributed by atoms with Crippen LogP contribution in [0.3, 0.4) is 0 Å². The lowest BCUT2D eigenvalue weighted by atomic mass is 10.2. The molecule has 0 aliphatic carbocycles. The number of guanidine groups is 1. The largest absolute Gasteiger partial charge is 0.356 e. The first-order chi connectivity index (χ1) is 12.2. The fourth-order valence-corrected chi connectivity index (χ4v) is 3.66. The molecule has 0 fully saturated rings. The summed E-state index contributed by atoms with van der Waals surface area (Å²) in [5.74, 6) is 0.822. The van der Waals surface area contributed by atoms with Crippen LogP contribution in [-0.4, -0.2) is 29.1 Å². The molecule has 0 aliphatic rings. The molecule has 6 heteroatoms. The van der Waals surface area contributed by atoms with Crippen molar-refractivity contribution in [3.05, 3.63) is 52.1 Å². The van der Waals surface area contributed by atoms with Crippen molar-refractivity contribution in [3.8, 4) is 0 Å². The van der Waals surface area contributed by atoms with Crippen molar-refractivity contribution in [2.75, 3.05) is 13.6 Å². The lowest BCUT2D eigenvalue weighted by Crippen LogP contribution is -2.37. The standard InChI is InChI=1S/C19H25N5S/c1-14-15(2)25-18(23-14)13-22-19(20-3)21-10-6-11-24-12-9-16-7-4-5-8-17(16)24/h4-5,7-9,12H,6,10-11,13H2,1-3H3,(H2,20,21,22). The van der Waals surface area contributed by atoms with Gasteiger partial charge < -0.3 is 15.2 Å². The van der Waals surface area contributed by atoms with Crippen LogP contribution in [0, 0.1) is 13.8 Å². The van der Waals surface area contributed by atoms with Crippen molar-refractivity contribution in [2.45, 2.75) is 33.4 Å². The smallest absolute Gasteiger partial charge is 0.191 e. The Kier molecular flexibility index (Phi) is 5.71. The third kappa shape index (κ3) is 4.39. The highest BCUT2D eigenvalue weighted by atomic mass is 32.1. The molecule has 132 valence electrons. The van der Waals surface area contributed by atoms with Gasteiger partial charge in [0.1, 0.15) is 5.01 Å². The second kappa shape index (κ2) is 8.16. The molecule has 0 radical (unpaired) electrons. The molecule has 0 aliphatic heterocycles. The van der Waals surface area contributed by atoms with Gasteiger partial charge in [0, 0.05) is 36.7 Å². The Labute approximate surface area is 152 Å². The molecule has 0 atom stereocenters. The number of hydrogen-bond donors (Lipinski definition) is 2. The van der Waals surface area contributed by atoms with Crippen LogP contribution in [0.2, 0.25) is 0 Å². The maximum absolute atomic E-state index is 4.55. The summed E-state index contributed by atoms with van der Waals surface area (Å²) in [6.07, 6.45) is 3.19. The number of nitrogens with zero attached hydrogens (tertiary/aromatic N) is 3. The van der Waals surface area contributed by atoms with E-state index < -0.39 is 0 Å². The Bertz CT molecular complexity index is 842. The first kappa shape index (κ1) is 17.5. The summed E-state index contributed by atoms with van der Waals surface area (Å²) >= 11 is 1.73. The summed E-state index contributed by atoms with van der Waals surface area (Å²) in [7, 11) is 1.80. The zero-order valence-electron chi connectivity index (χ0n) is 15.0. The number of benzene rings is 1. The minimum absolute atomic E-state index is 0.710. The number of aliphatic imine (C=N–C) groups is 1. The number of hydrogen-bond acceptors (Lipinski definition) is 3. The van der Waals surface area contributed by atoms with Crippen LogP contribution in [0.5, 0.6) is 0 Å². The van der Waals surface area contributed by atoms with Gasteiger partial charge >= 0.3 is 0 Å². The molecule has 1 aromatic carbocycles. The third-order valence-electron chi connectivity index (χ3n) is 4.25. The van der Waals surface area contributed by atoms with Gasteiger partial charge in [-0.25, -0.2) is 4.98 Å². The van der Waals surface area contributed by atoms with Gasteiger partial charge in [-0.15, -0.1) is 11.3 Å². The van der Waals surface area contributed by atoms with E-state index in [0.29, 0.717) is 6.54 Å². The molecule has 0 spiro atoms. The van der Waals surface area contributed by atoms with E-state index >= 15 is 0 Å². The molecule has 5 nitrogen and oxygen atoms in total. The van der Waals surface area contributed by atoms with E-state index in [0.717, 1.165) is 36.2 Å². The monoisotopic (exact) mass is 355 g/mol. The van der Waals surface area contributed by atoms with Crippen molar-refractivity contribution < 1.29 is 0 Å². The lowest BCUT2D eigenvalue weighted by Gasteiger charge is -2.11. The maximum Gasteiger partial charge on any atom is 0.191 e. The number of aryl methyl sites for hydroxylation is 3. The van der Waals surface area contributed by atoms with E-state index in [1.165, 1.54) is 15.8 Å². The topological polar surface area (TPSA) is 54.2 Å². The van der Waals surface area contributed by atoms with Crippen LogP contribution < -0.4 is 10.6 Å². The molecule has 0 saturated heterocycles. The van der Waals surface area contributed by atoms with E-state index in [-0.39, 0.29) is 0 Å². The highest BCUT2D eigenvalue weighted by Gasteiger charge is 2.05. The third-order valence-corrected chi connectivity index (χ3v) is 5.32. The fourth-order valence-electron chi connectivity index (χ4n) is 2.79. The van der Waals surface area contributed by atoms with Crippen LogP contribution in [0.1, 0.15) is 22.0 Å². The van der Waals surface area contributed by atoms with Crippen molar-refractivity contribution in [2.24, 2.45) is 4.99 Å². The minimum Gasteiger partial charge on any atom is -0.356 e. The summed E-state index contributed by atoms with van der Waals surface area (Å²) < 4.78 is 2.30. The van der Waals surface area contributed by atoms with Gasteiger partial charge in [-0.2, -0.15) is 0 Å². The van der Waals surface area contributed by atoms with E-state index in [9.17, 15) is 0 Å². The molecule has 2 aromatic heterocycles. The van der Waals surface area contributed by atoms with E-state index in [1.807, 2.05) is 6.92 Å². The molecular formula is C19H25N5S. The van der Waals surface area contributed by atoms with Crippen LogP contribution in [0.15, 0.2) is 41.5 Å². The van der Waals surface area contributed by atoms with Gasteiger partial charge in [-0.05, 0) is 37.8 Å². The summed E-state index contributed by atoms with van der Waals surface area (Å²) in [5, 5.41) is 9.09. The molecule has 2 N–H and O–H groups in total. The van der Waals surface area contributed by atoms with Crippen molar-refractivity contribution in [1.29, 1.82) is 0 Å². The molecule has 2 heterocycles. The van der Waals surface area contributed by atoms with Gasteiger partial charge in [-0.3, -0.25) is 4.99 Å². The number of aromatic nitrogens is 2. The Morgan fingerprint density at radius 1 is 1.20 bits per heavy atom. The molecule has 3 rings (SSSR count). The van der Waals surface area contributed by atoms with Crippen LogP contribution >= 0.6 is 11.3 Å². The average molecular weight is 356 g/mol. The van der Waals surface area contributed by atoms with E-state index in [4.69, 9.17) is 0 Å². The van der Waals surface area contributed by atoms with E-state index in [1.54, 1.807) is 18.4 Å². The van der Waals surface area contributed by atoms with Gasteiger partial charge in [0.2, 0.25) is 0 Å². The normalized spacial score (nSPS) is 11.9. The Balaban J connectivity index is 1.44. The Hall–Kier alpha value is -2.34. The van der Waals surface area contributed by atoms with Gasteiger partial charge in [0.25, 0.3) is 0 Å². The first-order valence-electron chi connectivity index (χ1n) is 8.58. The number of fused-ring (bicyclic) bond motifs is 1. The molecule has 0 unspecified atom stereocenters. The molecule has 0 bridgehead atoms. The predicted octanol–water partition coefficient (Wildman–Crippen LogP) is 3.47. The molecule has 3 aromatic rings. The van der Waals surface area contributed by atoms with Gasteiger partial charge in [0.15, 0.2) is 5.96 Å². The number of thiazole rings is 1. The van der Waals surface area contributed by atoms with Crippen LogP contribution in [0.4, 0.5) is 0 Å². The first-order valence-corrected chi connectivity index (χ1v) is 9.40. The van der Waals surface area contributed by atoms with E-state index in [2.05, 4.69) is 68.6 Å². The SMILES string of the molecule is CN=C(NCCCn1ccc2ccccc21)NCc1nc(C)c(C)s1. The van der Waals surface area contributed by atoms with Crippen molar-refractivity contribution >= 4 is 28.2 Å². The zero-order chi connectivity index (χ0) is 17.6. The Morgan fingerprint density at radius 3 is 2.80 bits per heavy atom. The summed E-state index contributed by atoms with van der Waals surface area (Å²) in [6.45, 7) is 6.73. The van der Waals surface area contributed by atoms with Crippen molar-refractivity contribution in [3.63, 3.8) is 0 Å². The van der Waals surface area contributed by atoms with Gasteiger partial charge in [-0.1, -0.05) is 18.2 Å². The summed E-state index contributed by atoms with van der Waals surface area (Å²) in [6, 6.07) is 10.7. The van der Waals surface area contributed by atoms with Gasteiger partial charge in [0.05, 0.1) is 12.2 Å². The van der Waals surface area contributed by atoms with Crippen molar-refractivity contribution in [1.82, 2.24) is 20.2 Å². The highest BCUT2D eigenvalue weighted by molar-refractivity contribution is 7.11.